The zero-order chi connectivity index (χ0) is 13.8. The van der Waals surface area contributed by atoms with Gasteiger partial charge in [0.15, 0.2) is 0 Å². The van der Waals surface area contributed by atoms with E-state index in [1.165, 1.54) is 11.3 Å². The first-order valence-corrected chi connectivity index (χ1v) is 7.11. The lowest BCUT2D eigenvalue weighted by Gasteiger charge is -2.31. The molecule has 5 nitrogen and oxygen atoms in total. The molecule has 3 rings (SSSR count). The van der Waals surface area contributed by atoms with Crippen molar-refractivity contribution in [3.63, 3.8) is 0 Å². The van der Waals surface area contributed by atoms with Crippen LogP contribution in [0.1, 0.15) is 18.5 Å². The first-order chi connectivity index (χ1) is 9.85. The van der Waals surface area contributed by atoms with Gasteiger partial charge in [0.2, 0.25) is 0 Å². The standard InChI is InChI=1S/C15H21N3O2.ClH/c1-19-13-3-2-12(17-8-13)10-20-14-6-11-7-16-5-4-15(11)18-9-14;/h2-3,8,14,16,18H,4-7,9-10H2,1H3;1H. The average Bonchev–Trinajstić information content (AvgIpc) is 2.53. The number of methoxy groups -OCH3 is 1. The molecule has 1 atom stereocenters. The molecule has 0 saturated carbocycles. The van der Waals surface area contributed by atoms with Gasteiger partial charge in [0.25, 0.3) is 0 Å². The highest BCUT2D eigenvalue weighted by Gasteiger charge is 2.22. The summed E-state index contributed by atoms with van der Waals surface area (Å²) in [5.41, 5.74) is 3.83. The van der Waals surface area contributed by atoms with Gasteiger partial charge in [-0.1, -0.05) is 0 Å². The summed E-state index contributed by atoms with van der Waals surface area (Å²) in [5, 5.41) is 6.91. The van der Waals surface area contributed by atoms with Crippen LogP contribution in [0.2, 0.25) is 0 Å². The third kappa shape index (κ3) is 4.09. The Morgan fingerprint density at radius 1 is 1.38 bits per heavy atom. The summed E-state index contributed by atoms with van der Waals surface area (Å²) in [6.45, 7) is 3.51. The molecule has 0 fully saturated rings. The number of hydrogen-bond acceptors (Lipinski definition) is 5. The van der Waals surface area contributed by atoms with Crippen molar-refractivity contribution in [3.8, 4) is 5.75 Å². The Morgan fingerprint density at radius 3 is 3.05 bits per heavy atom. The van der Waals surface area contributed by atoms with Crippen LogP contribution < -0.4 is 15.4 Å². The number of halogens is 1. The van der Waals surface area contributed by atoms with E-state index in [0.717, 1.165) is 43.9 Å². The summed E-state index contributed by atoms with van der Waals surface area (Å²) in [4.78, 5) is 4.32. The maximum atomic E-state index is 5.96. The van der Waals surface area contributed by atoms with Gasteiger partial charge in [0, 0.05) is 25.3 Å². The van der Waals surface area contributed by atoms with Crippen molar-refractivity contribution >= 4 is 12.4 Å². The monoisotopic (exact) mass is 311 g/mol. The van der Waals surface area contributed by atoms with Crippen molar-refractivity contribution in [2.45, 2.75) is 25.6 Å². The van der Waals surface area contributed by atoms with Crippen molar-refractivity contribution in [3.05, 3.63) is 35.3 Å². The summed E-state index contributed by atoms with van der Waals surface area (Å²) < 4.78 is 11.1. The third-order valence-corrected chi connectivity index (χ3v) is 3.83. The molecule has 2 aliphatic rings. The molecule has 0 radical (unpaired) electrons. The Labute approximate surface area is 131 Å². The predicted molar refractivity (Wildman–Crippen MR) is 83.7 cm³/mol. The molecule has 2 aliphatic heterocycles. The number of rotatable bonds is 4. The van der Waals surface area contributed by atoms with E-state index in [4.69, 9.17) is 9.47 Å². The SMILES string of the molecule is COc1ccc(COC2CNC3=C(CNCC3)C2)nc1.Cl. The number of hydrogen-bond donors (Lipinski definition) is 2. The minimum atomic E-state index is 0. The Balaban J connectivity index is 0.00000161. The van der Waals surface area contributed by atoms with E-state index in [-0.39, 0.29) is 18.5 Å². The van der Waals surface area contributed by atoms with E-state index in [1.807, 2.05) is 12.1 Å². The topological polar surface area (TPSA) is 55.4 Å². The molecule has 1 aromatic heterocycles. The fraction of sp³-hybridized carbons (Fsp3) is 0.533. The Hall–Kier alpha value is -1.30. The Bertz CT molecular complexity index is 490. The van der Waals surface area contributed by atoms with Gasteiger partial charge < -0.3 is 20.1 Å². The summed E-state index contributed by atoms with van der Waals surface area (Å²) in [6.07, 6.45) is 4.09. The van der Waals surface area contributed by atoms with E-state index in [2.05, 4.69) is 15.6 Å². The van der Waals surface area contributed by atoms with Crippen LogP contribution in [0.25, 0.3) is 0 Å². The van der Waals surface area contributed by atoms with Crippen molar-refractivity contribution in [2.75, 3.05) is 26.7 Å². The van der Waals surface area contributed by atoms with Crippen molar-refractivity contribution in [1.29, 1.82) is 0 Å². The van der Waals surface area contributed by atoms with Gasteiger partial charge in [0.05, 0.1) is 31.7 Å². The zero-order valence-electron chi connectivity index (χ0n) is 12.2. The summed E-state index contributed by atoms with van der Waals surface area (Å²) in [7, 11) is 1.64. The van der Waals surface area contributed by atoms with Gasteiger partial charge in [-0.2, -0.15) is 0 Å². The van der Waals surface area contributed by atoms with Gasteiger partial charge >= 0.3 is 0 Å². The van der Waals surface area contributed by atoms with Crippen LogP contribution in [-0.4, -0.2) is 37.8 Å². The number of ether oxygens (including phenoxy) is 2. The highest BCUT2D eigenvalue weighted by atomic mass is 35.5. The maximum absolute atomic E-state index is 5.96. The summed E-state index contributed by atoms with van der Waals surface area (Å²) >= 11 is 0. The lowest BCUT2D eigenvalue weighted by molar-refractivity contribution is 0.0356. The van der Waals surface area contributed by atoms with Crippen LogP contribution in [-0.2, 0) is 11.3 Å². The van der Waals surface area contributed by atoms with Gasteiger partial charge in [-0.25, -0.2) is 0 Å². The van der Waals surface area contributed by atoms with E-state index in [9.17, 15) is 0 Å². The molecule has 1 unspecified atom stereocenters. The molecule has 21 heavy (non-hydrogen) atoms. The molecule has 0 aromatic carbocycles. The molecule has 116 valence electrons. The number of nitrogens with zero attached hydrogens (tertiary/aromatic N) is 1. The lowest BCUT2D eigenvalue weighted by atomic mass is 9.97. The second kappa shape index (κ2) is 7.64. The summed E-state index contributed by atoms with van der Waals surface area (Å²) in [6, 6.07) is 3.86. The molecule has 3 heterocycles. The molecular formula is C15H22ClN3O2. The van der Waals surface area contributed by atoms with Crippen molar-refractivity contribution < 1.29 is 9.47 Å². The zero-order valence-corrected chi connectivity index (χ0v) is 13.0. The van der Waals surface area contributed by atoms with Crippen LogP contribution in [0.15, 0.2) is 29.6 Å². The van der Waals surface area contributed by atoms with E-state index in [0.29, 0.717) is 6.61 Å². The molecular weight excluding hydrogens is 290 g/mol. The molecule has 1 aromatic rings. The van der Waals surface area contributed by atoms with E-state index in [1.54, 1.807) is 13.3 Å². The summed E-state index contributed by atoms with van der Waals surface area (Å²) in [5.74, 6) is 0.774. The molecule has 0 spiro atoms. The van der Waals surface area contributed by atoms with Crippen LogP contribution in [0.3, 0.4) is 0 Å². The lowest BCUT2D eigenvalue weighted by Crippen LogP contribution is -2.40. The highest BCUT2D eigenvalue weighted by Crippen LogP contribution is 2.21. The average molecular weight is 312 g/mol. The molecule has 0 amide bonds. The maximum Gasteiger partial charge on any atom is 0.137 e. The highest BCUT2D eigenvalue weighted by molar-refractivity contribution is 5.85. The number of aromatic nitrogens is 1. The minimum absolute atomic E-state index is 0. The molecule has 0 aliphatic carbocycles. The van der Waals surface area contributed by atoms with Crippen LogP contribution in [0.4, 0.5) is 0 Å². The molecule has 6 heteroatoms. The first-order valence-electron chi connectivity index (χ1n) is 7.11. The van der Waals surface area contributed by atoms with Gasteiger partial charge in [-0.15, -0.1) is 12.4 Å². The third-order valence-electron chi connectivity index (χ3n) is 3.83. The second-order valence-electron chi connectivity index (χ2n) is 5.22. The number of nitrogens with one attached hydrogen (secondary N) is 2. The minimum Gasteiger partial charge on any atom is -0.495 e. The van der Waals surface area contributed by atoms with Crippen molar-refractivity contribution in [1.82, 2.24) is 15.6 Å². The normalized spacial score (nSPS) is 21.1. The van der Waals surface area contributed by atoms with Gasteiger partial charge in [-0.05, 0) is 30.5 Å². The predicted octanol–water partition coefficient (Wildman–Crippen LogP) is 1.64. The molecule has 0 saturated heterocycles. The largest absolute Gasteiger partial charge is 0.495 e. The first kappa shape index (κ1) is 16.1. The van der Waals surface area contributed by atoms with Gasteiger partial charge in [-0.3, -0.25) is 4.98 Å². The Morgan fingerprint density at radius 2 is 2.29 bits per heavy atom. The van der Waals surface area contributed by atoms with E-state index < -0.39 is 0 Å². The van der Waals surface area contributed by atoms with Crippen LogP contribution in [0, 0.1) is 0 Å². The number of pyridine rings is 1. The van der Waals surface area contributed by atoms with Crippen LogP contribution >= 0.6 is 12.4 Å². The fourth-order valence-corrected chi connectivity index (χ4v) is 2.67. The quantitative estimate of drug-likeness (QED) is 0.885. The molecule has 0 bridgehead atoms. The van der Waals surface area contributed by atoms with Crippen LogP contribution in [0.5, 0.6) is 5.75 Å². The Kier molecular flexibility index (Phi) is 5.85. The molecule has 2 N–H and O–H groups in total. The fourth-order valence-electron chi connectivity index (χ4n) is 2.67. The van der Waals surface area contributed by atoms with Gasteiger partial charge in [0.1, 0.15) is 5.75 Å². The van der Waals surface area contributed by atoms with Crippen molar-refractivity contribution in [2.24, 2.45) is 0 Å². The van der Waals surface area contributed by atoms with E-state index >= 15 is 0 Å². The smallest absolute Gasteiger partial charge is 0.137 e. The second-order valence-corrected chi connectivity index (χ2v) is 5.22.